The number of ether oxygens (including phenoxy) is 4. The van der Waals surface area contributed by atoms with Crippen LogP contribution >= 0.6 is 0 Å². The molecular weight excluding hydrogens is 589 g/mol. The highest BCUT2D eigenvalue weighted by atomic mass is 19.1. The van der Waals surface area contributed by atoms with Crippen LogP contribution in [0.3, 0.4) is 0 Å². The number of hydrogen-bond acceptors (Lipinski definition) is 7. The summed E-state index contributed by atoms with van der Waals surface area (Å²) in [6.07, 6.45) is -0.00224. The molecule has 4 aromatic rings. The lowest BCUT2D eigenvalue weighted by Crippen LogP contribution is -2.42. The molecular formula is C36H38FN3O6. The number of hydrogen-bond donors (Lipinski definition) is 1. The zero-order chi connectivity index (χ0) is 32.5. The Labute approximate surface area is 268 Å². The first-order valence-corrected chi connectivity index (χ1v) is 15.0. The van der Waals surface area contributed by atoms with E-state index in [2.05, 4.69) is 10.2 Å². The zero-order valence-corrected chi connectivity index (χ0v) is 26.2. The lowest BCUT2D eigenvalue weighted by Gasteiger charge is -2.32. The first-order chi connectivity index (χ1) is 22.4. The molecule has 1 heterocycles. The number of rotatable bonds is 12. The summed E-state index contributed by atoms with van der Waals surface area (Å²) >= 11 is 0. The van der Waals surface area contributed by atoms with E-state index in [0.29, 0.717) is 41.7 Å². The molecule has 0 aliphatic carbocycles. The van der Waals surface area contributed by atoms with Gasteiger partial charge >= 0.3 is 0 Å². The van der Waals surface area contributed by atoms with Crippen LogP contribution in [0.5, 0.6) is 17.2 Å². The van der Waals surface area contributed by atoms with Gasteiger partial charge in [0.25, 0.3) is 5.91 Å². The van der Waals surface area contributed by atoms with Crippen LogP contribution in [0.15, 0.2) is 91.0 Å². The maximum absolute atomic E-state index is 15.1. The van der Waals surface area contributed by atoms with Crippen molar-refractivity contribution in [2.45, 2.75) is 19.0 Å². The second-order valence-corrected chi connectivity index (χ2v) is 10.8. The Morgan fingerprint density at radius 1 is 0.870 bits per heavy atom. The number of halogens is 1. The minimum atomic E-state index is -1.21. The average Bonchev–Trinajstić information content (AvgIpc) is 3.09. The Kier molecular flexibility index (Phi) is 10.7. The lowest BCUT2D eigenvalue weighted by molar-refractivity contribution is -0.139. The number of nitrogens with one attached hydrogen (secondary N) is 1. The van der Waals surface area contributed by atoms with Crippen LogP contribution in [0.4, 0.5) is 15.8 Å². The molecule has 1 aliphatic heterocycles. The number of methoxy groups -OCH3 is 3. The van der Waals surface area contributed by atoms with Crippen molar-refractivity contribution in [2.24, 2.45) is 0 Å². The van der Waals surface area contributed by atoms with Crippen molar-refractivity contribution in [3.63, 3.8) is 0 Å². The summed E-state index contributed by atoms with van der Waals surface area (Å²) in [5, 5.41) is 2.99. The number of carbonyl (C=O) groups is 2. The van der Waals surface area contributed by atoms with E-state index < -0.39 is 17.8 Å². The number of amides is 2. The third-order valence-electron chi connectivity index (χ3n) is 7.89. The topological polar surface area (TPSA) is 89.6 Å². The fourth-order valence-electron chi connectivity index (χ4n) is 5.53. The summed E-state index contributed by atoms with van der Waals surface area (Å²) in [6, 6.07) is 25.0. The van der Waals surface area contributed by atoms with Crippen molar-refractivity contribution in [1.82, 2.24) is 4.90 Å². The summed E-state index contributed by atoms with van der Waals surface area (Å²) in [5.74, 6) is -0.389. The first kappa shape index (κ1) is 32.3. The van der Waals surface area contributed by atoms with Crippen molar-refractivity contribution in [3.8, 4) is 17.2 Å². The molecule has 10 heteroatoms. The predicted octanol–water partition coefficient (Wildman–Crippen LogP) is 5.64. The molecule has 0 radical (unpaired) electrons. The molecule has 2 amide bonds. The first-order valence-electron chi connectivity index (χ1n) is 15.0. The van der Waals surface area contributed by atoms with Crippen molar-refractivity contribution < 1.29 is 32.9 Å². The van der Waals surface area contributed by atoms with Gasteiger partial charge in [-0.3, -0.25) is 9.59 Å². The van der Waals surface area contributed by atoms with Gasteiger partial charge < -0.3 is 34.1 Å². The van der Waals surface area contributed by atoms with E-state index in [4.69, 9.17) is 18.9 Å². The monoisotopic (exact) mass is 627 g/mol. The Morgan fingerprint density at radius 3 is 2.11 bits per heavy atom. The van der Waals surface area contributed by atoms with Crippen molar-refractivity contribution in [3.05, 3.63) is 114 Å². The van der Waals surface area contributed by atoms with Crippen LogP contribution in [0.25, 0.3) is 0 Å². The largest absolute Gasteiger partial charge is 0.493 e. The van der Waals surface area contributed by atoms with Crippen molar-refractivity contribution in [2.75, 3.05) is 57.8 Å². The van der Waals surface area contributed by atoms with Crippen LogP contribution in [0.1, 0.15) is 22.7 Å². The van der Waals surface area contributed by atoms with E-state index >= 15 is 4.39 Å². The van der Waals surface area contributed by atoms with Gasteiger partial charge in [0, 0.05) is 36.6 Å². The quantitative estimate of drug-likeness (QED) is 0.218. The van der Waals surface area contributed by atoms with E-state index in [9.17, 15) is 9.59 Å². The number of morpholine rings is 1. The summed E-state index contributed by atoms with van der Waals surface area (Å²) in [4.78, 5) is 32.2. The minimum Gasteiger partial charge on any atom is -0.493 e. The fourth-order valence-corrected chi connectivity index (χ4v) is 5.53. The van der Waals surface area contributed by atoms with Gasteiger partial charge in [-0.15, -0.1) is 0 Å². The maximum atomic E-state index is 15.1. The predicted molar refractivity (Wildman–Crippen MR) is 174 cm³/mol. The molecule has 240 valence electrons. The second-order valence-electron chi connectivity index (χ2n) is 10.8. The average molecular weight is 628 g/mol. The molecule has 1 saturated heterocycles. The van der Waals surface area contributed by atoms with Gasteiger partial charge in [-0.2, -0.15) is 0 Å². The van der Waals surface area contributed by atoms with Crippen LogP contribution in [-0.2, 0) is 27.3 Å². The summed E-state index contributed by atoms with van der Waals surface area (Å²) in [7, 11) is 4.44. The molecule has 1 aliphatic rings. The van der Waals surface area contributed by atoms with Crippen molar-refractivity contribution >= 4 is 23.2 Å². The zero-order valence-electron chi connectivity index (χ0n) is 26.2. The summed E-state index contributed by atoms with van der Waals surface area (Å²) in [5.41, 5.74) is 2.98. The van der Waals surface area contributed by atoms with E-state index in [1.54, 1.807) is 30.3 Å². The van der Waals surface area contributed by atoms with Gasteiger partial charge in [0.1, 0.15) is 11.9 Å². The van der Waals surface area contributed by atoms with Gasteiger partial charge in [0.2, 0.25) is 11.7 Å². The Hall–Kier alpha value is -5.09. The molecule has 1 unspecified atom stereocenters. The Morgan fingerprint density at radius 2 is 1.50 bits per heavy atom. The van der Waals surface area contributed by atoms with E-state index in [0.717, 1.165) is 24.3 Å². The molecule has 1 fully saturated rings. The lowest BCUT2D eigenvalue weighted by atomic mass is 10.00. The Balaban J connectivity index is 1.57. The molecule has 1 atom stereocenters. The van der Waals surface area contributed by atoms with E-state index in [1.807, 2.05) is 54.6 Å². The van der Waals surface area contributed by atoms with E-state index in [1.165, 1.54) is 32.3 Å². The molecule has 4 aromatic carbocycles. The van der Waals surface area contributed by atoms with Crippen molar-refractivity contribution in [1.29, 1.82) is 0 Å². The Bertz CT molecular complexity index is 1600. The van der Waals surface area contributed by atoms with E-state index in [-0.39, 0.29) is 24.4 Å². The molecule has 1 N–H and O–H groups in total. The minimum absolute atomic E-state index is 0.00224. The summed E-state index contributed by atoms with van der Waals surface area (Å²) in [6.45, 7) is 2.71. The smallest absolute Gasteiger partial charge is 0.251 e. The van der Waals surface area contributed by atoms with Gasteiger partial charge in [0.15, 0.2) is 11.5 Å². The highest BCUT2D eigenvalue weighted by Gasteiger charge is 2.34. The number of benzene rings is 4. The molecule has 9 nitrogen and oxygen atoms in total. The van der Waals surface area contributed by atoms with Gasteiger partial charge in [0.05, 0.1) is 41.0 Å². The normalized spacial score (nSPS) is 13.4. The molecule has 0 aromatic heterocycles. The van der Waals surface area contributed by atoms with Crippen LogP contribution in [0, 0.1) is 5.82 Å². The van der Waals surface area contributed by atoms with Gasteiger partial charge in [-0.25, -0.2) is 4.39 Å². The third-order valence-corrected chi connectivity index (χ3v) is 7.89. The second kappa shape index (κ2) is 15.3. The van der Waals surface area contributed by atoms with Gasteiger partial charge in [-0.05, 0) is 53.6 Å². The standard InChI is InChI=1S/C36H38FN3O6/c1-43-31-22-27(23-32(44-2)35(31)45-3)34(36(42)38-28-13-15-29(16-14-28)39-17-19-46-20-18-39)40(24-26-11-7-8-12-30(26)37)33(41)21-25-9-5-4-6-10-25/h4-16,22-23,34H,17-21,24H2,1-3H3,(H,38,42). The molecule has 0 saturated carbocycles. The number of carbonyl (C=O) groups excluding carboxylic acids is 2. The fraction of sp³-hybridized carbons (Fsp3) is 0.278. The third kappa shape index (κ3) is 7.58. The molecule has 5 rings (SSSR count). The molecule has 0 bridgehead atoms. The molecule has 46 heavy (non-hydrogen) atoms. The SMILES string of the molecule is COc1cc(C(C(=O)Nc2ccc(N3CCOCC3)cc2)N(Cc2ccccc2F)C(=O)Cc2ccccc2)cc(OC)c1OC. The number of nitrogens with zero attached hydrogens (tertiary/aromatic N) is 2. The van der Waals surface area contributed by atoms with Crippen LogP contribution < -0.4 is 24.4 Å². The summed E-state index contributed by atoms with van der Waals surface area (Å²) < 4.78 is 37.2. The van der Waals surface area contributed by atoms with Crippen LogP contribution in [-0.4, -0.2) is 64.3 Å². The molecule has 0 spiro atoms. The number of anilines is 2. The van der Waals surface area contributed by atoms with Gasteiger partial charge in [-0.1, -0.05) is 48.5 Å². The highest BCUT2D eigenvalue weighted by Crippen LogP contribution is 2.41. The van der Waals surface area contributed by atoms with Crippen LogP contribution in [0.2, 0.25) is 0 Å². The highest BCUT2D eigenvalue weighted by molar-refractivity contribution is 5.98. The maximum Gasteiger partial charge on any atom is 0.251 e.